The number of carbonyl (C=O) groups excluding carboxylic acids is 1. The predicted molar refractivity (Wildman–Crippen MR) is 60.2 cm³/mol. The first-order valence-corrected chi connectivity index (χ1v) is 7.09. The van der Waals surface area contributed by atoms with E-state index in [0.717, 1.165) is 12.7 Å². The van der Waals surface area contributed by atoms with Crippen LogP contribution in [-0.4, -0.2) is 39.4 Å². The van der Waals surface area contributed by atoms with Crippen molar-refractivity contribution in [3.05, 3.63) is 0 Å². The summed E-state index contributed by atoms with van der Waals surface area (Å²) in [4.78, 5) is 11.3. The smallest absolute Gasteiger partial charge is 0.220 e. The Balaban J connectivity index is 3.75. The van der Waals surface area contributed by atoms with Crippen LogP contribution in [-0.2, 0) is 14.6 Å². The fourth-order valence-corrected chi connectivity index (χ4v) is 1.58. The molecule has 6 heteroatoms. The number of sulfone groups is 1. The van der Waals surface area contributed by atoms with Gasteiger partial charge in [0.15, 0.2) is 0 Å². The fourth-order valence-electron chi connectivity index (χ4n) is 1.10. The van der Waals surface area contributed by atoms with E-state index >= 15 is 0 Å². The molecule has 0 aliphatic heterocycles. The summed E-state index contributed by atoms with van der Waals surface area (Å²) in [6.07, 6.45) is 2.38. The van der Waals surface area contributed by atoms with Crippen molar-refractivity contribution in [2.75, 3.05) is 25.1 Å². The maximum absolute atomic E-state index is 11.3. The minimum absolute atomic E-state index is 0.0157. The van der Waals surface area contributed by atoms with Crippen LogP contribution in [0.25, 0.3) is 0 Å². The summed E-state index contributed by atoms with van der Waals surface area (Å²) in [5.74, 6) is 0.0391. The van der Waals surface area contributed by atoms with E-state index in [1.54, 1.807) is 0 Å². The van der Waals surface area contributed by atoms with Crippen LogP contribution >= 0.6 is 0 Å². The standard InChI is InChI=1S/C9H20N2O3S/c1-3-8(7-10)6-9(12)11-4-5-15(2,13)14/h8H,3-7,10H2,1-2H3,(H,11,12). The molecule has 15 heavy (non-hydrogen) atoms. The van der Waals surface area contributed by atoms with E-state index in [4.69, 9.17) is 5.73 Å². The molecule has 0 bridgehead atoms. The molecule has 0 rings (SSSR count). The highest BCUT2D eigenvalue weighted by Crippen LogP contribution is 2.04. The number of carbonyl (C=O) groups is 1. The van der Waals surface area contributed by atoms with Crippen molar-refractivity contribution in [1.29, 1.82) is 0 Å². The first-order chi connectivity index (χ1) is 6.89. The van der Waals surface area contributed by atoms with Crippen molar-refractivity contribution in [3.8, 4) is 0 Å². The third-order valence-corrected chi connectivity index (χ3v) is 3.13. The molecule has 1 amide bonds. The van der Waals surface area contributed by atoms with Crippen LogP contribution in [0.1, 0.15) is 19.8 Å². The Bertz CT molecular complexity index is 284. The van der Waals surface area contributed by atoms with Gasteiger partial charge in [-0.3, -0.25) is 4.79 Å². The van der Waals surface area contributed by atoms with E-state index < -0.39 is 9.84 Å². The average Bonchev–Trinajstić information content (AvgIpc) is 2.12. The first-order valence-electron chi connectivity index (χ1n) is 5.03. The number of amides is 1. The van der Waals surface area contributed by atoms with Crippen molar-refractivity contribution in [2.45, 2.75) is 19.8 Å². The van der Waals surface area contributed by atoms with E-state index in [2.05, 4.69) is 5.32 Å². The first kappa shape index (κ1) is 14.4. The van der Waals surface area contributed by atoms with E-state index in [1.807, 2.05) is 6.92 Å². The molecule has 0 saturated carbocycles. The minimum atomic E-state index is -3.00. The molecule has 0 fully saturated rings. The van der Waals surface area contributed by atoms with Gasteiger partial charge in [-0.05, 0) is 12.5 Å². The molecule has 1 atom stereocenters. The lowest BCUT2D eigenvalue weighted by Gasteiger charge is -2.11. The van der Waals surface area contributed by atoms with Gasteiger partial charge in [-0.2, -0.15) is 0 Å². The molecule has 5 nitrogen and oxygen atoms in total. The van der Waals surface area contributed by atoms with Crippen LogP contribution in [0, 0.1) is 5.92 Å². The zero-order chi connectivity index (χ0) is 11.9. The Morgan fingerprint density at radius 1 is 1.47 bits per heavy atom. The quantitative estimate of drug-likeness (QED) is 0.625. The molecule has 1 unspecified atom stereocenters. The van der Waals surface area contributed by atoms with Gasteiger partial charge in [0.05, 0.1) is 5.75 Å². The molecule has 0 aliphatic carbocycles. The topological polar surface area (TPSA) is 89.3 Å². The van der Waals surface area contributed by atoms with Crippen molar-refractivity contribution >= 4 is 15.7 Å². The van der Waals surface area contributed by atoms with Crippen LogP contribution in [0.3, 0.4) is 0 Å². The van der Waals surface area contributed by atoms with Gasteiger partial charge >= 0.3 is 0 Å². The van der Waals surface area contributed by atoms with Gasteiger partial charge in [0, 0.05) is 19.2 Å². The van der Waals surface area contributed by atoms with Gasteiger partial charge in [0.2, 0.25) is 5.91 Å². The molecule has 0 spiro atoms. The molecule has 0 aromatic heterocycles. The zero-order valence-corrected chi connectivity index (χ0v) is 10.1. The monoisotopic (exact) mass is 236 g/mol. The van der Waals surface area contributed by atoms with Gasteiger partial charge in [-0.15, -0.1) is 0 Å². The largest absolute Gasteiger partial charge is 0.355 e. The summed E-state index contributed by atoms with van der Waals surface area (Å²) in [6, 6.07) is 0. The zero-order valence-electron chi connectivity index (χ0n) is 9.32. The number of rotatable bonds is 7. The Labute approximate surface area is 91.3 Å². The lowest BCUT2D eigenvalue weighted by atomic mass is 10.0. The summed E-state index contributed by atoms with van der Waals surface area (Å²) < 4.78 is 21.6. The second-order valence-corrected chi connectivity index (χ2v) is 5.95. The van der Waals surface area contributed by atoms with E-state index in [9.17, 15) is 13.2 Å². The number of hydrogen-bond acceptors (Lipinski definition) is 4. The van der Waals surface area contributed by atoms with Crippen LogP contribution in [0.4, 0.5) is 0 Å². The molecule has 0 aliphatic rings. The molecule has 0 aromatic carbocycles. The molecule has 90 valence electrons. The average molecular weight is 236 g/mol. The number of hydrogen-bond donors (Lipinski definition) is 2. The second kappa shape index (κ2) is 6.79. The number of nitrogens with two attached hydrogens (primary N) is 1. The minimum Gasteiger partial charge on any atom is -0.355 e. The lowest BCUT2D eigenvalue weighted by molar-refractivity contribution is -0.121. The van der Waals surface area contributed by atoms with E-state index in [1.165, 1.54) is 0 Å². The molecule has 3 N–H and O–H groups in total. The molecule has 0 saturated heterocycles. The van der Waals surface area contributed by atoms with Crippen LogP contribution in [0.5, 0.6) is 0 Å². The van der Waals surface area contributed by atoms with Crippen LogP contribution in [0.15, 0.2) is 0 Å². The summed E-state index contributed by atoms with van der Waals surface area (Å²) in [7, 11) is -3.00. The molecular formula is C9H20N2O3S. The molecule has 0 aromatic rings. The summed E-state index contributed by atoms with van der Waals surface area (Å²) in [5.41, 5.74) is 5.45. The SMILES string of the molecule is CCC(CN)CC(=O)NCCS(C)(=O)=O. The van der Waals surface area contributed by atoms with Gasteiger partial charge in [0.1, 0.15) is 9.84 Å². The summed E-state index contributed by atoms with van der Waals surface area (Å²) in [5, 5.41) is 2.56. The third-order valence-electron chi connectivity index (χ3n) is 2.18. The van der Waals surface area contributed by atoms with Gasteiger partial charge in [-0.1, -0.05) is 13.3 Å². The van der Waals surface area contributed by atoms with Crippen molar-refractivity contribution in [3.63, 3.8) is 0 Å². The predicted octanol–water partition coefficient (Wildman–Crippen LogP) is -0.478. The Hall–Kier alpha value is -0.620. The third kappa shape index (κ3) is 8.38. The highest BCUT2D eigenvalue weighted by atomic mass is 32.2. The summed E-state index contributed by atoms with van der Waals surface area (Å²) >= 11 is 0. The lowest BCUT2D eigenvalue weighted by Crippen LogP contribution is -2.31. The fraction of sp³-hybridized carbons (Fsp3) is 0.889. The van der Waals surface area contributed by atoms with Crippen molar-refractivity contribution in [1.82, 2.24) is 5.32 Å². The van der Waals surface area contributed by atoms with Gasteiger partial charge in [0.25, 0.3) is 0 Å². The highest BCUT2D eigenvalue weighted by molar-refractivity contribution is 7.90. The number of nitrogens with one attached hydrogen (secondary N) is 1. The van der Waals surface area contributed by atoms with Crippen molar-refractivity contribution < 1.29 is 13.2 Å². The maximum atomic E-state index is 11.3. The van der Waals surface area contributed by atoms with Crippen LogP contribution < -0.4 is 11.1 Å². The van der Waals surface area contributed by atoms with E-state index in [-0.39, 0.29) is 24.1 Å². The molecule has 0 heterocycles. The Morgan fingerprint density at radius 2 is 2.07 bits per heavy atom. The molecular weight excluding hydrogens is 216 g/mol. The summed E-state index contributed by atoms with van der Waals surface area (Å²) in [6.45, 7) is 2.63. The maximum Gasteiger partial charge on any atom is 0.220 e. The Kier molecular flexibility index (Phi) is 6.51. The Morgan fingerprint density at radius 3 is 2.47 bits per heavy atom. The van der Waals surface area contributed by atoms with E-state index in [0.29, 0.717) is 13.0 Å². The van der Waals surface area contributed by atoms with Crippen molar-refractivity contribution in [2.24, 2.45) is 11.7 Å². The normalized spacial score (nSPS) is 13.5. The van der Waals surface area contributed by atoms with Gasteiger partial charge < -0.3 is 11.1 Å². The second-order valence-electron chi connectivity index (χ2n) is 3.69. The molecule has 0 radical (unpaired) electrons. The highest BCUT2D eigenvalue weighted by Gasteiger charge is 2.10. The van der Waals surface area contributed by atoms with Gasteiger partial charge in [-0.25, -0.2) is 8.42 Å². The van der Waals surface area contributed by atoms with Crippen LogP contribution in [0.2, 0.25) is 0 Å².